The Hall–Kier alpha value is -2.63. The summed E-state index contributed by atoms with van der Waals surface area (Å²) in [5.41, 5.74) is -0.0828. The molecule has 1 unspecified atom stereocenters. The second-order valence-corrected chi connectivity index (χ2v) is 15.2. The van der Waals surface area contributed by atoms with Gasteiger partial charge in [-0.3, -0.25) is 5.10 Å². The molecule has 2 amide bonds. The number of rotatable bonds is 5. The SMILES string of the molecule is CS(=N)(=O)c1ccc(CC2CC3(C2)CN(C(=O)N2CC4(CC(c5nc(C6CC6)n[nH]5)C4)C2)C3)cc1C(F)(F)F. The minimum absolute atomic E-state index is 0.0989. The van der Waals surface area contributed by atoms with Crippen molar-refractivity contribution in [3.63, 3.8) is 0 Å². The molecule has 7 rings (SSSR count). The third kappa shape index (κ3) is 4.42. The zero-order valence-electron chi connectivity index (χ0n) is 21.9. The number of aromatic amines is 1. The zero-order chi connectivity index (χ0) is 27.4. The van der Waals surface area contributed by atoms with Crippen molar-refractivity contribution in [2.75, 3.05) is 32.4 Å². The summed E-state index contributed by atoms with van der Waals surface area (Å²) >= 11 is 0. The number of likely N-dealkylation sites (tertiary alicyclic amines) is 2. The summed E-state index contributed by atoms with van der Waals surface area (Å²) in [5, 5.41) is 7.49. The molecule has 3 aliphatic carbocycles. The Morgan fingerprint density at radius 1 is 1.08 bits per heavy atom. The Labute approximate surface area is 225 Å². The summed E-state index contributed by atoms with van der Waals surface area (Å²) in [6.45, 7) is 3.05. The maximum atomic E-state index is 13.5. The topological polar surface area (TPSA) is 106 Å². The first-order chi connectivity index (χ1) is 18.3. The molecular formula is C27H33F3N6O2S. The van der Waals surface area contributed by atoms with Crippen molar-refractivity contribution >= 4 is 15.8 Å². The van der Waals surface area contributed by atoms with Crippen LogP contribution in [-0.2, 0) is 22.3 Å². The maximum Gasteiger partial charge on any atom is 0.417 e. The van der Waals surface area contributed by atoms with Crippen LogP contribution in [0.1, 0.15) is 73.1 Å². The van der Waals surface area contributed by atoms with Crippen LogP contribution in [0.3, 0.4) is 0 Å². The van der Waals surface area contributed by atoms with Gasteiger partial charge in [0, 0.05) is 55.1 Å². The average Bonchev–Trinajstić information content (AvgIpc) is 3.48. The molecule has 2 aliphatic heterocycles. The molecule has 12 heteroatoms. The minimum Gasteiger partial charge on any atom is -0.323 e. The second-order valence-electron chi connectivity index (χ2n) is 13.1. The first-order valence-electron chi connectivity index (χ1n) is 13.7. The number of halogens is 3. The predicted molar refractivity (Wildman–Crippen MR) is 137 cm³/mol. The van der Waals surface area contributed by atoms with Gasteiger partial charge in [0.2, 0.25) is 0 Å². The Morgan fingerprint density at radius 2 is 1.69 bits per heavy atom. The van der Waals surface area contributed by atoms with E-state index in [1.54, 1.807) is 6.07 Å². The van der Waals surface area contributed by atoms with E-state index in [9.17, 15) is 22.2 Å². The van der Waals surface area contributed by atoms with Gasteiger partial charge in [0.25, 0.3) is 0 Å². The monoisotopic (exact) mass is 562 g/mol. The highest BCUT2D eigenvalue weighted by atomic mass is 32.2. The number of aromatic nitrogens is 3. The summed E-state index contributed by atoms with van der Waals surface area (Å²) in [6, 6.07) is 3.95. The van der Waals surface area contributed by atoms with Gasteiger partial charge in [-0.15, -0.1) is 0 Å². The Balaban J connectivity index is 0.872. The number of hydrogen-bond acceptors (Lipinski definition) is 5. The molecule has 8 nitrogen and oxygen atoms in total. The Morgan fingerprint density at radius 3 is 2.26 bits per heavy atom. The van der Waals surface area contributed by atoms with Crippen molar-refractivity contribution in [2.45, 2.75) is 67.9 Å². The number of urea groups is 1. The van der Waals surface area contributed by atoms with Crippen LogP contribution in [0.15, 0.2) is 23.1 Å². The molecule has 2 spiro atoms. The summed E-state index contributed by atoms with van der Waals surface area (Å²) in [7, 11) is -3.47. The third-order valence-corrected chi connectivity index (χ3v) is 10.8. The highest BCUT2D eigenvalue weighted by Gasteiger charge is 2.58. The molecule has 3 heterocycles. The Kier molecular flexibility index (Phi) is 5.33. The minimum atomic E-state index is -4.65. The number of H-pyrrole nitrogens is 1. The van der Waals surface area contributed by atoms with Crippen LogP contribution in [0.25, 0.3) is 0 Å². The number of alkyl halides is 3. The van der Waals surface area contributed by atoms with E-state index in [0.717, 1.165) is 75.8 Å². The van der Waals surface area contributed by atoms with E-state index in [1.165, 1.54) is 18.9 Å². The van der Waals surface area contributed by atoms with Crippen LogP contribution in [0.4, 0.5) is 18.0 Å². The van der Waals surface area contributed by atoms with Gasteiger partial charge in [-0.1, -0.05) is 6.07 Å². The van der Waals surface area contributed by atoms with E-state index in [-0.39, 0.29) is 22.8 Å². The lowest BCUT2D eigenvalue weighted by atomic mass is 9.56. The van der Waals surface area contributed by atoms with Crippen molar-refractivity contribution in [3.05, 3.63) is 41.0 Å². The van der Waals surface area contributed by atoms with Gasteiger partial charge in [0.05, 0.1) is 20.2 Å². The molecule has 5 aliphatic rings. The van der Waals surface area contributed by atoms with Gasteiger partial charge in [0.1, 0.15) is 5.82 Å². The summed E-state index contributed by atoms with van der Waals surface area (Å²) in [5.74, 6) is 3.20. The molecule has 5 fully saturated rings. The molecule has 2 aromatic rings. The molecule has 3 saturated carbocycles. The second kappa shape index (κ2) is 8.20. The predicted octanol–water partition coefficient (Wildman–Crippen LogP) is 4.99. The first-order valence-corrected chi connectivity index (χ1v) is 15.7. The Bertz CT molecular complexity index is 1420. The van der Waals surface area contributed by atoms with Gasteiger partial charge in [-0.05, 0) is 68.6 Å². The lowest BCUT2D eigenvalue weighted by molar-refractivity contribution is -0.139. The zero-order valence-corrected chi connectivity index (χ0v) is 22.7. The maximum absolute atomic E-state index is 13.5. The van der Waals surface area contributed by atoms with E-state index in [0.29, 0.717) is 23.8 Å². The van der Waals surface area contributed by atoms with E-state index in [1.807, 2.05) is 9.80 Å². The highest BCUT2D eigenvalue weighted by molar-refractivity contribution is 7.91. The van der Waals surface area contributed by atoms with Gasteiger partial charge < -0.3 is 9.80 Å². The molecule has 0 radical (unpaired) electrons. The van der Waals surface area contributed by atoms with E-state index < -0.39 is 26.4 Å². The molecule has 1 atom stereocenters. The molecule has 2 saturated heterocycles. The normalized spacial score (nSPS) is 25.5. The van der Waals surface area contributed by atoms with Gasteiger partial charge in [-0.25, -0.2) is 18.8 Å². The van der Waals surface area contributed by atoms with Crippen LogP contribution >= 0.6 is 0 Å². The summed E-state index contributed by atoms with van der Waals surface area (Å²) < 4.78 is 60.3. The first kappa shape index (κ1) is 25.3. The van der Waals surface area contributed by atoms with Crippen LogP contribution in [0, 0.1) is 21.5 Å². The van der Waals surface area contributed by atoms with Crippen molar-refractivity contribution in [1.29, 1.82) is 4.78 Å². The molecule has 1 aromatic carbocycles. The third-order valence-electron chi connectivity index (χ3n) is 9.59. The molecule has 2 N–H and O–H groups in total. The molecule has 0 bridgehead atoms. The van der Waals surface area contributed by atoms with Gasteiger partial charge >= 0.3 is 12.2 Å². The van der Waals surface area contributed by atoms with Crippen molar-refractivity contribution in [3.8, 4) is 0 Å². The van der Waals surface area contributed by atoms with Crippen LogP contribution in [0.2, 0.25) is 0 Å². The number of carbonyl (C=O) groups excluding carboxylic acids is 1. The van der Waals surface area contributed by atoms with E-state index in [2.05, 4.69) is 10.2 Å². The number of nitrogens with one attached hydrogen (secondary N) is 2. The molecule has 1 aromatic heterocycles. The summed E-state index contributed by atoms with van der Waals surface area (Å²) in [4.78, 5) is 21.1. The summed E-state index contributed by atoms with van der Waals surface area (Å²) in [6.07, 6.45) is 3.17. The van der Waals surface area contributed by atoms with Crippen LogP contribution in [-0.4, -0.2) is 67.7 Å². The number of nitrogens with zero attached hydrogens (tertiary/aromatic N) is 4. The lowest BCUT2D eigenvalue weighted by Gasteiger charge is -2.63. The van der Waals surface area contributed by atoms with Crippen molar-refractivity contribution in [1.82, 2.24) is 25.0 Å². The largest absolute Gasteiger partial charge is 0.417 e. The number of carbonyl (C=O) groups is 1. The van der Waals surface area contributed by atoms with Crippen LogP contribution < -0.4 is 0 Å². The average molecular weight is 563 g/mol. The fourth-order valence-corrected chi connectivity index (χ4v) is 8.52. The number of hydrogen-bond donors (Lipinski definition) is 2. The van der Waals surface area contributed by atoms with Crippen molar-refractivity contribution in [2.24, 2.45) is 16.7 Å². The van der Waals surface area contributed by atoms with E-state index >= 15 is 0 Å². The van der Waals surface area contributed by atoms with E-state index in [4.69, 9.17) is 9.76 Å². The quantitative estimate of drug-likeness (QED) is 0.536. The highest BCUT2D eigenvalue weighted by Crippen LogP contribution is 2.57. The molecule has 210 valence electrons. The standard InChI is InChI=1S/C27H33F3N6O2S/c1-39(31,38)21-5-2-16(7-20(21)27(28,29)30)6-17-8-25(9-17)12-35(13-25)24(37)36-14-26(15-36)10-19(11-26)23-32-22(33-34-23)18-3-4-18/h2,5,7,17-19,31H,3-4,6,8-15H2,1H3,(H,32,33,34). The number of amides is 2. The lowest BCUT2D eigenvalue weighted by Crippen LogP contribution is -2.70. The molecular weight excluding hydrogens is 529 g/mol. The number of benzene rings is 1. The van der Waals surface area contributed by atoms with Gasteiger partial charge in [-0.2, -0.15) is 18.3 Å². The smallest absolute Gasteiger partial charge is 0.323 e. The fourth-order valence-electron chi connectivity index (χ4n) is 7.60. The van der Waals surface area contributed by atoms with Crippen LogP contribution in [0.5, 0.6) is 0 Å². The van der Waals surface area contributed by atoms with Crippen molar-refractivity contribution < 1.29 is 22.2 Å². The fraction of sp³-hybridized carbons (Fsp3) is 0.667. The molecule has 39 heavy (non-hydrogen) atoms. The van der Waals surface area contributed by atoms with Gasteiger partial charge in [0.15, 0.2) is 5.82 Å².